The molecule has 1 amide bonds. The van der Waals surface area contributed by atoms with E-state index in [-0.39, 0.29) is 5.91 Å². The van der Waals surface area contributed by atoms with E-state index in [0.717, 1.165) is 18.7 Å². The lowest BCUT2D eigenvalue weighted by Crippen LogP contribution is -2.27. The average Bonchev–Trinajstić information content (AvgIpc) is 2.58. The summed E-state index contributed by atoms with van der Waals surface area (Å²) in [5.41, 5.74) is 1.36. The molecule has 2 aromatic rings. The Morgan fingerprint density at radius 2 is 1.96 bits per heavy atom. The number of nitrogens with one attached hydrogen (secondary N) is 2. The number of anilines is 1. The van der Waals surface area contributed by atoms with Gasteiger partial charge in [-0.1, -0.05) is 6.07 Å². The van der Waals surface area contributed by atoms with E-state index in [9.17, 15) is 4.79 Å². The molecule has 7 nitrogen and oxygen atoms in total. The van der Waals surface area contributed by atoms with Crippen molar-refractivity contribution < 1.29 is 4.79 Å². The molecule has 0 atom stereocenters. The Bertz CT molecular complexity index is 600. The van der Waals surface area contributed by atoms with Gasteiger partial charge in [0.2, 0.25) is 5.95 Å². The number of carbonyl (C=O) groups is 1. The summed E-state index contributed by atoms with van der Waals surface area (Å²) in [6.45, 7) is 2.11. The Morgan fingerprint density at radius 3 is 2.61 bits per heavy atom. The summed E-state index contributed by atoms with van der Waals surface area (Å²) in [6, 6.07) is 5.71. The van der Waals surface area contributed by atoms with E-state index in [1.807, 2.05) is 32.3 Å². The summed E-state index contributed by atoms with van der Waals surface area (Å²) < 4.78 is 0. The fourth-order valence-corrected chi connectivity index (χ4v) is 1.91. The fraction of sp³-hybridized carbons (Fsp3) is 0.375. The lowest BCUT2D eigenvalue weighted by Gasteiger charge is -2.10. The van der Waals surface area contributed by atoms with E-state index in [1.54, 1.807) is 6.20 Å². The van der Waals surface area contributed by atoms with Crippen LogP contribution in [0, 0.1) is 0 Å². The predicted octanol–water partition coefficient (Wildman–Crippen LogP) is 1.17. The van der Waals surface area contributed by atoms with Crippen molar-refractivity contribution in [3.63, 3.8) is 0 Å². The third-order valence-corrected chi connectivity index (χ3v) is 3.14. The van der Waals surface area contributed by atoms with Gasteiger partial charge in [-0.2, -0.15) is 0 Å². The van der Waals surface area contributed by atoms with Crippen LogP contribution in [0.25, 0.3) is 0 Å². The van der Waals surface area contributed by atoms with Crippen LogP contribution < -0.4 is 10.6 Å². The Morgan fingerprint density at radius 1 is 1.17 bits per heavy atom. The van der Waals surface area contributed by atoms with Crippen LogP contribution in [-0.4, -0.2) is 52.9 Å². The van der Waals surface area contributed by atoms with Crippen LogP contribution in [0.3, 0.4) is 0 Å². The van der Waals surface area contributed by atoms with E-state index in [2.05, 4.69) is 30.5 Å². The molecule has 0 spiro atoms. The van der Waals surface area contributed by atoms with Gasteiger partial charge in [-0.25, -0.2) is 9.97 Å². The van der Waals surface area contributed by atoms with Gasteiger partial charge in [-0.3, -0.25) is 9.78 Å². The summed E-state index contributed by atoms with van der Waals surface area (Å²) in [4.78, 5) is 26.5. The topological polar surface area (TPSA) is 83.0 Å². The number of carbonyl (C=O) groups excluding carboxylic acids is 1. The molecule has 0 unspecified atom stereocenters. The number of rotatable bonds is 8. The third kappa shape index (κ3) is 5.99. The highest BCUT2D eigenvalue weighted by Gasteiger charge is 2.06. The highest BCUT2D eigenvalue weighted by atomic mass is 16.1. The van der Waals surface area contributed by atoms with Crippen LogP contribution in [0.2, 0.25) is 0 Å². The van der Waals surface area contributed by atoms with Crippen LogP contribution >= 0.6 is 0 Å². The first-order valence-electron chi connectivity index (χ1n) is 7.54. The molecule has 2 N–H and O–H groups in total. The molecule has 7 heteroatoms. The zero-order valence-corrected chi connectivity index (χ0v) is 13.5. The molecule has 2 heterocycles. The van der Waals surface area contributed by atoms with Crippen LogP contribution in [0.15, 0.2) is 36.8 Å². The van der Waals surface area contributed by atoms with E-state index in [1.165, 1.54) is 12.4 Å². The first-order chi connectivity index (χ1) is 11.1. The van der Waals surface area contributed by atoms with Gasteiger partial charge in [0, 0.05) is 25.1 Å². The van der Waals surface area contributed by atoms with Crippen LogP contribution in [-0.2, 0) is 6.54 Å². The van der Waals surface area contributed by atoms with E-state index >= 15 is 0 Å². The molecule has 2 rings (SSSR count). The molecule has 0 radical (unpaired) electrons. The first kappa shape index (κ1) is 16.8. The minimum atomic E-state index is -0.153. The second-order valence-corrected chi connectivity index (χ2v) is 5.38. The van der Waals surface area contributed by atoms with Crippen LogP contribution in [0.4, 0.5) is 5.95 Å². The van der Waals surface area contributed by atoms with Gasteiger partial charge < -0.3 is 15.5 Å². The maximum Gasteiger partial charge on any atom is 0.254 e. The normalized spacial score (nSPS) is 10.6. The second kappa shape index (κ2) is 8.79. The maximum absolute atomic E-state index is 11.9. The number of aromatic nitrogens is 3. The molecule has 0 aromatic carbocycles. The Balaban J connectivity index is 1.78. The Kier molecular flexibility index (Phi) is 6.43. The quantitative estimate of drug-likeness (QED) is 0.712. The summed E-state index contributed by atoms with van der Waals surface area (Å²) >= 11 is 0. The molecule has 122 valence electrons. The smallest absolute Gasteiger partial charge is 0.254 e. The molecule has 0 aliphatic heterocycles. The number of hydrogen-bond donors (Lipinski definition) is 2. The summed E-state index contributed by atoms with van der Waals surface area (Å²) in [5.74, 6) is 0.319. The monoisotopic (exact) mass is 314 g/mol. The number of hydrogen-bond acceptors (Lipinski definition) is 6. The van der Waals surface area contributed by atoms with Crippen molar-refractivity contribution in [1.82, 2.24) is 25.2 Å². The Hall–Kier alpha value is -2.54. The van der Waals surface area contributed by atoms with Crippen molar-refractivity contribution in [3.05, 3.63) is 48.0 Å². The summed E-state index contributed by atoms with van der Waals surface area (Å²) in [7, 11) is 4.01. The number of amides is 1. The molecular weight excluding hydrogens is 292 g/mol. The minimum absolute atomic E-state index is 0.153. The molecule has 2 aromatic heterocycles. The van der Waals surface area contributed by atoms with Crippen LogP contribution in [0.1, 0.15) is 22.5 Å². The Labute approximate surface area is 136 Å². The van der Waals surface area contributed by atoms with Crippen molar-refractivity contribution in [3.8, 4) is 0 Å². The van der Waals surface area contributed by atoms with Gasteiger partial charge in [0.15, 0.2) is 0 Å². The summed E-state index contributed by atoms with van der Waals surface area (Å²) in [5, 5.41) is 5.93. The van der Waals surface area contributed by atoms with Crippen molar-refractivity contribution in [2.75, 3.05) is 32.5 Å². The maximum atomic E-state index is 11.9. The zero-order valence-electron chi connectivity index (χ0n) is 13.5. The predicted molar refractivity (Wildman–Crippen MR) is 89.1 cm³/mol. The largest absolute Gasteiger partial charge is 0.352 e. The molecule has 0 bridgehead atoms. The molecule has 0 aliphatic rings. The molecule has 0 saturated heterocycles. The van der Waals surface area contributed by atoms with Gasteiger partial charge in [0.1, 0.15) is 0 Å². The second-order valence-electron chi connectivity index (χ2n) is 5.38. The van der Waals surface area contributed by atoms with Crippen molar-refractivity contribution in [2.45, 2.75) is 13.0 Å². The highest BCUT2D eigenvalue weighted by Crippen LogP contribution is 2.03. The van der Waals surface area contributed by atoms with Gasteiger partial charge in [-0.15, -0.1) is 0 Å². The molecule has 23 heavy (non-hydrogen) atoms. The van der Waals surface area contributed by atoms with Gasteiger partial charge in [-0.05, 0) is 39.2 Å². The third-order valence-electron chi connectivity index (χ3n) is 3.14. The number of pyridine rings is 1. The SMILES string of the molecule is CN(C)CCCNC(=O)c1cnc(NCc2ccccn2)nc1. The highest BCUT2D eigenvalue weighted by molar-refractivity contribution is 5.93. The fourth-order valence-electron chi connectivity index (χ4n) is 1.91. The van der Waals surface area contributed by atoms with Crippen LogP contribution in [0.5, 0.6) is 0 Å². The first-order valence-corrected chi connectivity index (χ1v) is 7.54. The standard InChI is InChI=1S/C16H22N6O/c1-22(2)9-5-8-18-15(23)13-10-19-16(20-11-13)21-12-14-6-3-4-7-17-14/h3-4,6-7,10-11H,5,8-9,12H2,1-2H3,(H,18,23)(H,19,20,21). The molecule has 0 saturated carbocycles. The molecule has 0 fully saturated rings. The van der Waals surface area contributed by atoms with E-state index < -0.39 is 0 Å². The van der Waals surface area contributed by atoms with Crippen molar-refractivity contribution >= 4 is 11.9 Å². The van der Waals surface area contributed by atoms with E-state index in [4.69, 9.17) is 0 Å². The molecule has 0 aliphatic carbocycles. The van der Waals surface area contributed by atoms with Crippen molar-refractivity contribution in [2.24, 2.45) is 0 Å². The van der Waals surface area contributed by atoms with E-state index in [0.29, 0.717) is 24.6 Å². The van der Waals surface area contributed by atoms with Crippen molar-refractivity contribution in [1.29, 1.82) is 0 Å². The number of nitrogens with zero attached hydrogens (tertiary/aromatic N) is 4. The lowest BCUT2D eigenvalue weighted by atomic mass is 10.3. The summed E-state index contributed by atoms with van der Waals surface area (Å²) in [6.07, 6.45) is 5.69. The molecular formula is C16H22N6O. The van der Waals surface area contributed by atoms with Gasteiger partial charge >= 0.3 is 0 Å². The average molecular weight is 314 g/mol. The minimum Gasteiger partial charge on any atom is -0.352 e. The zero-order chi connectivity index (χ0) is 16.5. The lowest BCUT2D eigenvalue weighted by molar-refractivity contribution is 0.0951. The van der Waals surface area contributed by atoms with Gasteiger partial charge in [0.05, 0.1) is 17.8 Å². The van der Waals surface area contributed by atoms with Gasteiger partial charge in [0.25, 0.3) is 5.91 Å².